The molecule has 0 saturated carbocycles. The average Bonchev–Trinajstić information content (AvgIpc) is 2.18. The summed E-state index contributed by atoms with van der Waals surface area (Å²) in [6.07, 6.45) is 0. The molecule has 4 heteroatoms. The molecule has 1 aliphatic heterocycles. The van der Waals surface area contributed by atoms with Crippen molar-refractivity contribution >= 4 is 5.91 Å². The molecule has 1 aliphatic rings. The van der Waals surface area contributed by atoms with Gasteiger partial charge in [0.1, 0.15) is 0 Å². The summed E-state index contributed by atoms with van der Waals surface area (Å²) in [5, 5.41) is 0. The first-order valence-electron chi connectivity index (χ1n) is 5.36. The van der Waals surface area contributed by atoms with E-state index in [2.05, 4.69) is 4.90 Å². The second-order valence-electron chi connectivity index (χ2n) is 4.11. The molecule has 1 fully saturated rings. The molecule has 82 valence electrons. The highest BCUT2D eigenvalue weighted by Gasteiger charge is 2.21. The molecule has 0 radical (unpaired) electrons. The fraction of sp³-hybridized carbons (Fsp3) is 0.900. The molecule has 0 aromatic carbocycles. The van der Waals surface area contributed by atoms with Crippen LogP contribution < -0.4 is 5.73 Å². The van der Waals surface area contributed by atoms with Crippen molar-refractivity contribution in [1.82, 2.24) is 9.80 Å². The molecule has 0 unspecified atom stereocenters. The van der Waals surface area contributed by atoms with Gasteiger partial charge in [-0.2, -0.15) is 0 Å². The van der Waals surface area contributed by atoms with Crippen molar-refractivity contribution in [3.05, 3.63) is 0 Å². The van der Waals surface area contributed by atoms with Crippen molar-refractivity contribution in [1.29, 1.82) is 0 Å². The zero-order valence-electron chi connectivity index (χ0n) is 9.20. The third kappa shape index (κ3) is 2.96. The lowest BCUT2D eigenvalue weighted by Gasteiger charge is -2.35. The first-order chi connectivity index (χ1) is 6.65. The maximum atomic E-state index is 11.6. The summed E-state index contributed by atoms with van der Waals surface area (Å²) < 4.78 is 0. The summed E-state index contributed by atoms with van der Waals surface area (Å²) in [6, 6.07) is 0. The van der Waals surface area contributed by atoms with E-state index in [1.165, 1.54) is 0 Å². The SMILES string of the molecule is CC(C)C(=O)N1CCN(CCN)CC1. The number of carbonyl (C=O) groups excluding carboxylic acids is 1. The average molecular weight is 199 g/mol. The molecule has 1 rings (SSSR count). The van der Waals surface area contributed by atoms with Gasteiger partial charge in [-0.05, 0) is 0 Å². The molecule has 1 heterocycles. The first-order valence-corrected chi connectivity index (χ1v) is 5.36. The van der Waals surface area contributed by atoms with Crippen LogP contribution in [0.3, 0.4) is 0 Å². The van der Waals surface area contributed by atoms with Crippen molar-refractivity contribution in [2.24, 2.45) is 11.7 Å². The van der Waals surface area contributed by atoms with Gasteiger partial charge >= 0.3 is 0 Å². The number of nitrogens with two attached hydrogens (primary N) is 1. The van der Waals surface area contributed by atoms with E-state index in [0.29, 0.717) is 6.54 Å². The smallest absolute Gasteiger partial charge is 0.225 e. The zero-order chi connectivity index (χ0) is 10.6. The molecule has 2 N–H and O–H groups in total. The summed E-state index contributed by atoms with van der Waals surface area (Å²) in [6.45, 7) is 9.21. The summed E-state index contributed by atoms with van der Waals surface area (Å²) in [5.74, 6) is 0.397. The van der Waals surface area contributed by atoms with E-state index >= 15 is 0 Å². The van der Waals surface area contributed by atoms with Gasteiger partial charge in [0, 0.05) is 45.2 Å². The van der Waals surface area contributed by atoms with Crippen LogP contribution in [0.25, 0.3) is 0 Å². The second-order valence-corrected chi connectivity index (χ2v) is 4.11. The van der Waals surface area contributed by atoms with Gasteiger partial charge in [-0.1, -0.05) is 13.8 Å². The number of hydrogen-bond acceptors (Lipinski definition) is 3. The van der Waals surface area contributed by atoms with E-state index in [4.69, 9.17) is 5.73 Å². The van der Waals surface area contributed by atoms with Crippen LogP contribution in [0.15, 0.2) is 0 Å². The molecule has 0 bridgehead atoms. The monoisotopic (exact) mass is 199 g/mol. The number of nitrogens with zero attached hydrogens (tertiary/aromatic N) is 2. The molecule has 0 atom stereocenters. The highest BCUT2D eigenvalue weighted by atomic mass is 16.2. The van der Waals surface area contributed by atoms with Gasteiger partial charge in [0.25, 0.3) is 0 Å². The lowest BCUT2D eigenvalue weighted by Crippen LogP contribution is -2.50. The van der Waals surface area contributed by atoms with Gasteiger partial charge in [0.2, 0.25) is 5.91 Å². The molecule has 14 heavy (non-hydrogen) atoms. The Labute approximate surface area is 86.0 Å². The summed E-state index contributed by atoms with van der Waals surface area (Å²) >= 11 is 0. The number of rotatable bonds is 3. The Morgan fingerprint density at radius 1 is 1.29 bits per heavy atom. The Hall–Kier alpha value is -0.610. The topological polar surface area (TPSA) is 49.6 Å². The molecule has 1 amide bonds. The van der Waals surface area contributed by atoms with E-state index in [0.717, 1.165) is 32.7 Å². The Kier molecular flexibility index (Phi) is 4.35. The van der Waals surface area contributed by atoms with Crippen LogP contribution in [-0.2, 0) is 4.79 Å². The third-order valence-corrected chi connectivity index (χ3v) is 2.62. The van der Waals surface area contributed by atoms with Gasteiger partial charge in [-0.3, -0.25) is 9.69 Å². The molecular weight excluding hydrogens is 178 g/mol. The Balaban J connectivity index is 2.32. The van der Waals surface area contributed by atoms with Crippen LogP contribution in [0, 0.1) is 5.92 Å². The van der Waals surface area contributed by atoms with Gasteiger partial charge in [-0.25, -0.2) is 0 Å². The molecule has 0 spiro atoms. The molecular formula is C10H21N3O. The summed E-state index contributed by atoms with van der Waals surface area (Å²) in [5.41, 5.74) is 5.48. The van der Waals surface area contributed by atoms with Gasteiger partial charge < -0.3 is 10.6 Å². The van der Waals surface area contributed by atoms with Gasteiger partial charge in [0.05, 0.1) is 0 Å². The lowest BCUT2D eigenvalue weighted by atomic mass is 10.1. The minimum atomic E-state index is 0.121. The van der Waals surface area contributed by atoms with Crippen LogP contribution in [0.4, 0.5) is 0 Å². The minimum Gasteiger partial charge on any atom is -0.340 e. The number of piperazine rings is 1. The van der Waals surface area contributed by atoms with E-state index < -0.39 is 0 Å². The van der Waals surface area contributed by atoms with Gasteiger partial charge in [-0.15, -0.1) is 0 Å². The normalized spacial score (nSPS) is 19.0. The maximum absolute atomic E-state index is 11.6. The Morgan fingerprint density at radius 3 is 2.29 bits per heavy atom. The lowest BCUT2D eigenvalue weighted by molar-refractivity contribution is -0.136. The number of hydrogen-bond donors (Lipinski definition) is 1. The van der Waals surface area contributed by atoms with Crippen molar-refractivity contribution < 1.29 is 4.79 Å². The van der Waals surface area contributed by atoms with E-state index in [9.17, 15) is 4.79 Å². The predicted molar refractivity (Wildman–Crippen MR) is 56.9 cm³/mol. The Morgan fingerprint density at radius 2 is 1.86 bits per heavy atom. The molecule has 0 aromatic heterocycles. The summed E-state index contributed by atoms with van der Waals surface area (Å²) in [4.78, 5) is 15.9. The van der Waals surface area contributed by atoms with E-state index in [1.807, 2.05) is 18.7 Å². The van der Waals surface area contributed by atoms with Crippen LogP contribution in [-0.4, -0.2) is 55.0 Å². The van der Waals surface area contributed by atoms with Crippen LogP contribution in [0.5, 0.6) is 0 Å². The number of amides is 1. The van der Waals surface area contributed by atoms with Crippen molar-refractivity contribution in [2.75, 3.05) is 39.3 Å². The Bertz CT molecular complexity index is 186. The van der Waals surface area contributed by atoms with Crippen LogP contribution in [0.2, 0.25) is 0 Å². The number of carbonyl (C=O) groups is 1. The summed E-state index contributed by atoms with van der Waals surface area (Å²) in [7, 11) is 0. The van der Waals surface area contributed by atoms with Crippen molar-refractivity contribution in [3.63, 3.8) is 0 Å². The standard InChI is InChI=1S/C10H21N3O/c1-9(2)10(14)13-7-5-12(4-3-11)6-8-13/h9H,3-8,11H2,1-2H3. The van der Waals surface area contributed by atoms with Crippen LogP contribution in [0.1, 0.15) is 13.8 Å². The highest BCUT2D eigenvalue weighted by Crippen LogP contribution is 2.06. The zero-order valence-corrected chi connectivity index (χ0v) is 9.20. The molecule has 1 saturated heterocycles. The van der Waals surface area contributed by atoms with Gasteiger partial charge in [0.15, 0.2) is 0 Å². The largest absolute Gasteiger partial charge is 0.340 e. The molecule has 0 aliphatic carbocycles. The van der Waals surface area contributed by atoms with E-state index in [1.54, 1.807) is 0 Å². The van der Waals surface area contributed by atoms with Crippen LogP contribution >= 0.6 is 0 Å². The third-order valence-electron chi connectivity index (χ3n) is 2.62. The van der Waals surface area contributed by atoms with Crippen molar-refractivity contribution in [3.8, 4) is 0 Å². The fourth-order valence-electron chi connectivity index (χ4n) is 1.74. The maximum Gasteiger partial charge on any atom is 0.225 e. The van der Waals surface area contributed by atoms with E-state index in [-0.39, 0.29) is 11.8 Å². The quantitative estimate of drug-likeness (QED) is 0.681. The predicted octanol–water partition coefficient (Wildman–Crippen LogP) is -0.255. The first kappa shape index (κ1) is 11.5. The fourth-order valence-corrected chi connectivity index (χ4v) is 1.74. The highest BCUT2D eigenvalue weighted by molar-refractivity contribution is 5.78. The van der Waals surface area contributed by atoms with Crippen molar-refractivity contribution in [2.45, 2.75) is 13.8 Å². The molecule has 4 nitrogen and oxygen atoms in total. The second kappa shape index (κ2) is 5.32. The molecule has 0 aromatic rings. The minimum absolute atomic E-state index is 0.121.